The average molecular weight is 249 g/mol. The molecule has 0 saturated heterocycles. The number of aromatic nitrogens is 2. The van der Waals surface area contributed by atoms with Gasteiger partial charge in [0.25, 0.3) is 0 Å². The first kappa shape index (κ1) is 12.2. The summed E-state index contributed by atoms with van der Waals surface area (Å²) in [7, 11) is 2.07. The molecule has 18 heavy (non-hydrogen) atoms. The van der Waals surface area contributed by atoms with Crippen LogP contribution in [-0.4, -0.2) is 23.2 Å². The van der Waals surface area contributed by atoms with Gasteiger partial charge in [-0.15, -0.1) is 0 Å². The molecule has 2 fully saturated rings. The fraction of sp³-hybridized carbons (Fsp3) is 0.857. The smallest absolute Gasteiger partial charge is 0.226 e. The van der Waals surface area contributed by atoms with E-state index < -0.39 is 0 Å². The second kappa shape index (κ2) is 5.39. The molecule has 4 heteroatoms. The highest BCUT2D eigenvalue weighted by Crippen LogP contribution is 2.35. The summed E-state index contributed by atoms with van der Waals surface area (Å²) in [6.07, 6.45) is 10.00. The first-order valence-electron chi connectivity index (χ1n) is 7.36. The zero-order valence-corrected chi connectivity index (χ0v) is 11.2. The molecule has 0 bridgehead atoms. The summed E-state index contributed by atoms with van der Waals surface area (Å²) in [4.78, 5) is 4.59. The fourth-order valence-electron chi connectivity index (χ4n) is 3.24. The molecule has 1 aromatic heterocycles. The van der Waals surface area contributed by atoms with Crippen molar-refractivity contribution in [3.05, 3.63) is 11.7 Å². The Bertz CT molecular complexity index is 386. The third-order valence-electron chi connectivity index (χ3n) is 4.67. The molecule has 0 amide bonds. The normalized spacial score (nSPS) is 29.2. The highest BCUT2D eigenvalue weighted by molar-refractivity contribution is 5.00. The minimum absolute atomic E-state index is 0.578. The zero-order chi connectivity index (χ0) is 12.4. The molecule has 0 radical (unpaired) electrons. The van der Waals surface area contributed by atoms with Crippen LogP contribution in [0.15, 0.2) is 4.52 Å². The van der Waals surface area contributed by atoms with Crippen molar-refractivity contribution in [1.29, 1.82) is 0 Å². The molecule has 0 aliphatic heterocycles. The van der Waals surface area contributed by atoms with Crippen LogP contribution < -0.4 is 5.32 Å². The third kappa shape index (κ3) is 2.44. The second-order valence-corrected chi connectivity index (χ2v) is 5.82. The Hall–Kier alpha value is -0.900. The quantitative estimate of drug-likeness (QED) is 0.891. The molecular formula is C14H23N3O. The number of nitrogens with one attached hydrogen (secondary N) is 1. The van der Waals surface area contributed by atoms with E-state index >= 15 is 0 Å². The van der Waals surface area contributed by atoms with Crippen LogP contribution in [0.3, 0.4) is 0 Å². The van der Waals surface area contributed by atoms with Crippen LogP contribution in [0.4, 0.5) is 0 Å². The van der Waals surface area contributed by atoms with Crippen LogP contribution in [0.5, 0.6) is 0 Å². The van der Waals surface area contributed by atoms with Gasteiger partial charge in [-0.05, 0) is 38.6 Å². The molecule has 2 saturated carbocycles. The van der Waals surface area contributed by atoms with Crippen LogP contribution in [0.25, 0.3) is 0 Å². The highest BCUT2D eigenvalue weighted by Gasteiger charge is 2.28. The van der Waals surface area contributed by atoms with Crippen LogP contribution >= 0.6 is 0 Å². The van der Waals surface area contributed by atoms with Crippen molar-refractivity contribution < 1.29 is 4.52 Å². The van der Waals surface area contributed by atoms with E-state index in [0.717, 1.165) is 18.1 Å². The molecule has 4 nitrogen and oxygen atoms in total. The van der Waals surface area contributed by atoms with Gasteiger partial charge in [-0.1, -0.05) is 24.4 Å². The lowest BCUT2D eigenvalue weighted by Gasteiger charge is -2.30. The maximum absolute atomic E-state index is 5.43. The Labute approximate surface area is 109 Å². The van der Waals surface area contributed by atoms with E-state index in [1.807, 2.05) is 0 Å². The largest absolute Gasteiger partial charge is 0.339 e. The molecule has 2 atom stereocenters. The fourth-order valence-corrected chi connectivity index (χ4v) is 3.24. The summed E-state index contributed by atoms with van der Waals surface area (Å²) in [5.74, 6) is 3.05. The Morgan fingerprint density at radius 1 is 1.17 bits per heavy atom. The van der Waals surface area contributed by atoms with Gasteiger partial charge < -0.3 is 9.84 Å². The molecule has 100 valence electrons. The third-order valence-corrected chi connectivity index (χ3v) is 4.67. The van der Waals surface area contributed by atoms with Gasteiger partial charge in [0.2, 0.25) is 5.89 Å². The molecule has 1 aromatic rings. The first-order valence-corrected chi connectivity index (χ1v) is 7.36. The minimum Gasteiger partial charge on any atom is -0.339 e. The molecular weight excluding hydrogens is 226 g/mol. The van der Waals surface area contributed by atoms with Crippen molar-refractivity contribution in [2.24, 2.45) is 5.92 Å². The van der Waals surface area contributed by atoms with E-state index in [-0.39, 0.29) is 0 Å². The summed E-state index contributed by atoms with van der Waals surface area (Å²) in [5, 5.41) is 7.58. The van der Waals surface area contributed by atoms with E-state index in [1.165, 1.54) is 44.9 Å². The van der Waals surface area contributed by atoms with Crippen molar-refractivity contribution in [3.63, 3.8) is 0 Å². The standard InChI is InChI=1S/C14H23N3O/c1-15-12-8-3-2-5-11(12)9-13-16-14(17-18-13)10-6-4-7-10/h10-12,15H,2-9H2,1H3. The van der Waals surface area contributed by atoms with Crippen molar-refractivity contribution in [1.82, 2.24) is 15.5 Å². The van der Waals surface area contributed by atoms with Crippen molar-refractivity contribution in [2.45, 2.75) is 63.3 Å². The highest BCUT2D eigenvalue weighted by atomic mass is 16.5. The molecule has 0 aromatic carbocycles. The molecule has 1 N–H and O–H groups in total. The van der Waals surface area contributed by atoms with Gasteiger partial charge >= 0.3 is 0 Å². The van der Waals surface area contributed by atoms with Gasteiger partial charge in [-0.3, -0.25) is 0 Å². The Morgan fingerprint density at radius 3 is 2.72 bits per heavy atom. The molecule has 2 aliphatic carbocycles. The predicted molar refractivity (Wildman–Crippen MR) is 69.4 cm³/mol. The second-order valence-electron chi connectivity index (χ2n) is 5.82. The van der Waals surface area contributed by atoms with Crippen LogP contribution in [-0.2, 0) is 6.42 Å². The maximum Gasteiger partial charge on any atom is 0.226 e. The molecule has 2 aliphatic rings. The number of rotatable bonds is 4. The lowest BCUT2D eigenvalue weighted by atomic mass is 9.82. The molecule has 3 rings (SSSR count). The van der Waals surface area contributed by atoms with Gasteiger partial charge in [0, 0.05) is 18.4 Å². The van der Waals surface area contributed by atoms with Crippen LogP contribution in [0.1, 0.15) is 62.6 Å². The van der Waals surface area contributed by atoms with Gasteiger partial charge in [-0.2, -0.15) is 4.98 Å². The topological polar surface area (TPSA) is 51.0 Å². The van der Waals surface area contributed by atoms with Gasteiger partial charge in [0.1, 0.15) is 0 Å². The predicted octanol–water partition coefficient (Wildman–Crippen LogP) is 2.66. The number of hydrogen-bond acceptors (Lipinski definition) is 4. The lowest BCUT2D eigenvalue weighted by Crippen LogP contribution is -2.37. The monoisotopic (exact) mass is 249 g/mol. The van der Waals surface area contributed by atoms with E-state index in [1.54, 1.807) is 0 Å². The Balaban J connectivity index is 1.62. The van der Waals surface area contributed by atoms with Crippen molar-refractivity contribution in [2.75, 3.05) is 7.05 Å². The lowest BCUT2D eigenvalue weighted by molar-refractivity contribution is 0.248. The SMILES string of the molecule is CNC1CCCCC1Cc1nc(C2CCC2)no1. The molecule has 0 spiro atoms. The zero-order valence-electron chi connectivity index (χ0n) is 11.2. The van der Waals surface area contributed by atoms with E-state index in [4.69, 9.17) is 4.52 Å². The summed E-state index contributed by atoms with van der Waals surface area (Å²) in [6.45, 7) is 0. The average Bonchev–Trinajstić information content (AvgIpc) is 2.76. The van der Waals surface area contributed by atoms with E-state index in [9.17, 15) is 0 Å². The Morgan fingerprint density at radius 2 is 2.00 bits per heavy atom. The maximum atomic E-state index is 5.43. The summed E-state index contributed by atoms with van der Waals surface area (Å²) in [6, 6.07) is 0.623. The van der Waals surface area contributed by atoms with Gasteiger partial charge in [-0.25, -0.2) is 0 Å². The van der Waals surface area contributed by atoms with Gasteiger partial charge in [0.05, 0.1) is 0 Å². The summed E-state index contributed by atoms with van der Waals surface area (Å²) in [5.41, 5.74) is 0. The van der Waals surface area contributed by atoms with E-state index in [0.29, 0.717) is 17.9 Å². The Kier molecular flexibility index (Phi) is 3.64. The first-order chi connectivity index (χ1) is 8.86. The van der Waals surface area contributed by atoms with Crippen LogP contribution in [0.2, 0.25) is 0 Å². The van der Waals surface area contributed by atoms with Crippen LogP contribution in [0, 0.1) is 5.92 Å². The number of nitrogens with zero attached hydrogens (tertiary/aromatic N) is 2. The molecule has 1 heterocycles. The molecule has 2 unspecified atom stereocenters. The van der Waals surface area contributed by atoms with Crippen molar-refractivity contribution in [3.8, 4) is 0 Å². The van der Waals surface area contributed by atoms with E-state index in [2.05, 4.69) is 22.5 Å². The number of hydrogen-bond donors (Lipinski definition) is 1. The minimum atomic E-state index is 0.578. The van der Waals surface area contributed by atoms with Crippen molar-refractivity contribution >= 4 is 0 Å². The summed E-state index contributed by atoms with van der Waals surface area (Å²) < 4.78 is 5.43. The summed E-state index contributed by atoms with van der Waals surface area (Å²) >= 11 is 0. The van der Waals surface area contributed by atoms with Gasteiger partial charge in [0.15, 0.2) is 5.82 Å².